The maximum absolute atomic E-state index is 5.86. The van der Waals surface area contributed by atoms with Crippen LogP contribution in [0.3, 0.4) is 0 Å². The number of aromatic nitrogens is 1. The highest BCUT2D eigenvalue weighted by Crippen LogP contribution is 2.18. The molecule has 27 heavy (non-hydrogen) atoms. The summed E-state index contributed by atoms with van der Waals surface area (Å²) in [5.74, 6) is 1.35. The van der Waals surface area contributed by atoms with Gasteiger partial charge in [-0.25, -0.2) is 9.98 Å². The van der Waals surface area contributed by atoms with Gasteiger partial charge in [-0.3, -0.25) is 0 Å². The van der Waals surface area contributed by atoms with Crippen molar-refractivity contribution in [3.05, 3.63) is 42.3 Å². The van der Waals surface area contributed by atoms with Crippen molar-refractivity contribution in [1.29, 1.82) is 0 Å². The molecule has 0 bridgehead atoms. The third-order valence-corrected chi connectivity index (χ3v) is 4.17. The van der Waals surface area contributed by atoms with Crippen molar-refractivity contribution in [1.82, 2.24) is 15.6 Å². The Balaban J connectivity index is 1.53. The lowest BCUT2D eigenvalue weighted by Crippen LogP contribution is -2.44. The summed E-state index contributed by atoms with van der Waals surface area (Å²) in [5.41, 5.74) is 1.75. The fourth-order valence-corrected chi connectivity index (χ4v) is 2.77. The Morgan fingerprint density at radius 1 is 1.37 bits per heavy atom. The lowest BCUT2D eigenvalue weighted by molar-refractivity contribution is 0.0347. The van der Waals surface area contributed by atoms with E-state index in [1.807, 2.05) is 37.3 Å². The molecule has 2 heterocycles. The second kappa shape index (κ2) is 10.1. The molecule has 2 N–H and O–H groups in total. The Morgan fingerprint density at radius 3 is 2.96 bits per heavy atom. The van der Waals surface area contributed by atoms with E-state index in [2.05, 4.69) is 27.5 Å². The van der Waals surface area contributed by atoms with Gasteiger partial charge in [-0.2, -0.15) is 0 Å². The Bertz CT molecular complexity index is 711. The van der Waals surface area contributed by atoms with Crippen LogP contribution in [0.2, 0.25) is 0 Å². The topological polar surface area (TPSA) is 80.9 Å². The van der Waals surface area contributed by atoms with Crippen LogP contribution in [0.5, 0.6) is 0 Å². The quantitative estimate of drug-likeness (QED) is 0.548. The highest BCUT2D eigenvalue weighted by atomic mass is 16.5. The van der Waals surface area contributed by atoms with E-state index in [9.17, 15) is 0 Å². The molecule has 146 valence electrons. The molecule has 0 amide bonds. The molecule has 1 aliphatic heterocycles. The van der Waals surface area contributed by atoms with E-state index >= 15 is 0 Å². The maximum atomic E-state index is 5.86. The average molecular weight is 372 g/mol. The third kappa shape index (κ3) is 6.08. The van der Waals surface area contributed by atoms with Gasteiger partial charge < -0.3 is 24.5 Å². The van der Waals surface area contributed by atoms with E-state index in [1.54, 1.807) is 6.26 Å². The minimum absolute atomic E-state index is 0.139. The first kappa shape index (κ1) is 19.4. The molecule has 0 aliphatic carbocycles. The largest absolute Gasteiger partial charge is 0.444 e. The summed E-state index contributed by atoms with van der Waals surface area (Å²) in [4.78, 5) is 9.11. The number of guanidine groups is 1. The molecule has 1 fully saturated rings. The van der Waals surface area contributed by atoms with Crippen LogP contribution in [0.15, 0.2) is 46.0 Å². The minimum atomic E-state index is 0.139. The average Bonchev–Trinajstić information content (AvgIpc) is 3.37. The van der Waals surface area contributed by atoms with Gasteiger partial charge in [-0.15, -0.1) is 0 Å². The van der Waals surface area contributed by atoms with Gasteiger partial charge in [0.2, 0.25) is 5.89 Å². The molecule has 2 atom stereocenters. The Labute approximate surface area is 160 Å². The minimum Gasteiger partial charge on any atom is -0.444 e. The van der Waals surface area contributed by atoms with Crippen LogP contribution in [0, 0.1) is 0 Å². The number of benzene rings is 1. The maximum Gasteiger partial charge on any atom is 0.226 e. The smallest absolute Gasteiger partial charge is 0.226 e. The molecule has 3 rings (SSSR count). The van der Waals surface area contributed by atoms with Crippen molar-refractivity contribution in [2.45, 2.75) is 39.0 Å². The molecule has 1 aliphatic rings. The van der Waals surface area contributed by atoms with E-state index in [-0.39, 0.29) is 12.1 Å². The molecule has 0 saturated carbocycles. The summed E-state index contributed by atoms with van der Waals surface area (Å²) in [6, 6.07) is 9.98. The summed E-state index contributed by atoms with van der Waals surface area (Å²) >= 11 is 0. The third-order valence-electron chi connectivity index (χ3n) is 4.17. The zero-order valence-electron chi connectivity index (χ0n) is 16.0. The first-order chi connectivity index (χ1) is 13.2. The van der Waals surface area contributed by atoms with Gasteiger partial charge in [0.15, 0.2) is 5.96 Å². The van der Waals surface area contributed by atoms with Gasteiger partial charge >= 0.3 is 0 Å². The van der Waals surface area contributed by atoms with Crippen molar-refractivity contribution in [3.63, 3.8) is 0 Å². The number of oxazole rings is 1. The fourth-order valence-electron chi connectivity index (χ4n) is 2.77. The van der Waals surface area contributed by atoms with Crippen LogP contribution in [-0.2, 0) is 16.0 Å². The van der Waals surface area contributed by atoms with Crippen LogP contribution < -0.4 is 10.6 Å². The molecule has 1 aromatic heterocycles. The van der Waals surface area contributed by atoms with E-state index < -0.39 is 0 Å². The van der Waals surface area contributed by atoms with Crippen LogP contribution in [0.1, 0.15) is 26.0 Å². The van der Waals surface area contributed by atoms with Crippen LogP contribution in [-0.4, -0.2) is 49.5 Å². The van der Waals surface area contributed by atoms with Gasteiger partial charge in [0.25, 0.3) is 0 Å². The highest BCUT2D eigenvalue weighted by Gasteiger charge is 2.17. The van der Waals surface area contributed by atoms with E-state index in [4.69, 9.17) is 13.9 Å². The second-order valence-electron chi connectivity index (χ2n) is 6.57. The molecule has 0 radical (unpaired) electrons. The van der Waals surface area contributed by atoms with Crippen molar-refractivity contribution in [2.24, 2.45) is 4.99 Å². The van der Waals surface area contributed by atoms with Crippen molar-refractivity contribution in [3.8, 4) is 11.5 Å². The second-order valence-corrected chi connectivity index (χ2v) is 6.57. The first-order valence-corrected chi connectivity index (χ1v) is 9.48. The Morgan fingerprint density at radius 2 is 2.22 bits per heavy atom. The first-order valence-electron chi connectivity index (χ1n) is 9.48. The zero-order valence-corrected chi connectivity index (χ0v) is 16.0. The number of rotatable bonds is 8. The van der Waals surface area contributed by atoms with Crippen LogP contribution in [0.4, 0.5) is 0 Å². The van der Waals surface area contributed by atoms with E-state index in [0.29, 0.717) is 25.6 Å². The number of nitrogens with one attached hydrogen (secondary N) is 2. The van der Waals surface area contributed by atoms with Crippen LogP contribution >= 0.6 is 0 Å². The molecule has 2 unspecified atom stereocenters. The van der Waals surface area contributed by atoms with E-state index in [0.717, 1.165) is 36.8 Å². The van der Waals surface area contributed by atoms with Gasteiger partial charge in [0.1, 0.15) is 12.0 Å². The highest BCUT2D eigenvalue weighted by molar-refractivity contribution is 5.80. The standard InChI is InChI=1S/C20H28N4O3/c1-3-21-20(23-15(2)12-26-18-9-10-25-14-18)22-11-17-13-27-19(24-17)16-7-5-4-6-8-16/h4-8,13,15,18H,3,9-12,14H2,1-2H3,(H2,21,22,23). The monoisotopic (exact) mass is 372 g/mol. The zero-order chi connectivity index (χ0) is 18.9. The molecule has 2 aromatic rings. The summed E-state index contributed by atoms with van der Waals surface area (Å²) in [6.07, 6.45) is 2.83. The van der Waals surface area contributed by atoms with Gasteiger partial charge in [-0.05, 0) is 32.4 Å². The van der Waals surface area contributed by atoms with Crippen molar-refractivity contribution >= 4 is 5.96 Å². The lowest BCUT2D eigenvalue weighted by atomic mass is 10.2. The van der Waals surface area contributed by atoms with Crippen LogP contribution in [0.25, 0.3) is 11.5 Å². The molecule has 1 saturated heterocycles. The molecule has 7 nitrogen and oxygen atoms in total. The predicted octanol–water partition coefficient (Wildman–Crippen LogP) is 2.59. The SMILES string of the molecule is CCNC(=NCc1coc(-c2ccccc2)n1)NC(C)COC1CCOC1. The van der Waals surface area contributed by atoms with Crippen molar-refractivity contribution < 1.29 is 13.9 Å². The molecule has 0 spiro atoms. The number of hydrogen-bond acceptors (Lipinski definition) is 5. The molecular formula is C20H28N4O3. The summed E-state index contributed by atoms with van der Waals surface area (Å²) in [6.45, 7) is 7.43. The van der Waals surface area contributed by atoms with Gasteiger partial charge in [-0.1, -0.05) is 18.2 Å². The number of aliphatic imine (C=N–C) groups is 1. The molecular weight excluding hydrogens is 344 g/mol. The fraction of sp³-hybridized carbons (Fsp3) is 0.500. The van der Waals surface area contributed by atoms with Crippen molar-refractivity contribution in [2.75, 3.05) is 26.4 Å². The Kier molecular flexibility index (Phi) is 7.24. The van der Waals surface area contributed by atoms with Gasteiger partial charge in [0.05, 0.1) is 25.9 Å². The summed E-state index contributed by atoms with van der Waals surface area (Å²) < 4.78 is 16.8. The number of hydrogen-bond donors (Lipinski definition) is 2. The van der Waals surface area contributed by atoms with Gasteiger partial charge in [0, 0.05) is 24.8 Å². The Hall–Kier alpha value is -2.38. The number of ether oxygens (including phenoxy) is 2. The molecule has 7 heteroatoms. The predicted molar refractivity (Wildman–Crippen MR) is 105 cm³/mol. The molecule has 1 aromatic carbocycles. The normalized spacial score (nSPS) is 18.4. The van der Waals surface area contributed by atoms with E-state index in [1.165, 1.54) is 0 Å². The number of nitrogens with zero attached hydrogens (tertiary/aromatic N) is 2. The summed E-state index contributed by atoms with van der Waals surface area (Å²) in [7, 11) is 0. The summed E-state index contributed by atoms with van der Waals surface area (Å²) in [5, 5.41) is 6.62. The lowest BCUT2D eigenvalue weighted by Gasteiger charge is -2.19.